The molecular weight excluding hydrogens is 320 g/mol. The summed E-state index contributed by atoms with van der Waals surface area (Å²) in [6.45, 7) is 6.31. The molecule has 24 heavy (non-hydrogen) atoms. The number of pyridine rings is 1. The van der Waals surface area contributed by atoms with Gasteiger partial charge in [0.15, 0.2) is 5.65 Å². The fourth-order valence-electron chi connectivity index (χ4n) is 2.51. The molecule has 0 saturated heterocycles. The van der Waals surface area contributed by atoms with Crippen LogP contribution in [0, 0.1) is 19.3 Å². The number of thiophene rings is 1. The Kier molecular flexibility index (Phi) is 4.36. The van der Waals surface area contributed by atoms with E-state index in [9.17, 15) is 4.79 Å². The number of hydrogen-bond donors (Lipinski definition) is 1. The maximum absolute atomic E-state index is 12.5. The quantitative estimate of drug-likeness (QED) is 0.742. The number of amides is 1. The first-order valence-corrected chi connectivity index (χ1v) is 8.49. The third kappa shape index (κ3) is 2.91. The Morgan fingerprint density at radius 3 is 2.88 bits per heavy atom. The summed E-state index contributed by atoms with van der Waals surface area (Å²) < 4.78 is 1.83. The zero-order chi connectivity index (χ0) is 17.3. The maximum Gasteiger partial charge on any atom is 0.252 e. The predicted molar refractivity (Wildman–Crippen MR) is 97.1 cm³/mol. The molecule has 1 N–H and O–H groups in total. The SMILES string of the molecule is C#CCNC(=O)c1cc(-c2ccc(C)s2)nc2c1cnn2C(C)C. The molecule has 0 bridgehead atoms. The molecule has 3 heterocycles. The number of aryl methyl sites for hydroxylation is 1. The van der Waals surface area contributed by atoms with Crippen LogP contribution in [0.4, 0.5) is 0 Å². The number of hydrogen-bond acceptors (Lipinski definition) is 4. The van der Waals surface area contributed by atoms with E-state index in [4.69, 9.17) is 11.4 Å². The van der Waals surface area contributed by atoms with Crippen molar-refractivity contribution in [1.29, 1.82) is 0 Å². The third-order valence-electron chi connectivity index (χ3n) is 3.64. The van der Waals surface area contributed by atoms with Gasteiger partial charge in [-0.1, -0.05) is 5.92 Å². The molecule has 3 aromatic heterocycles. The lowest BCUT2D eigenvalue weighted by Crippen LogP contribution is -2.23. The molecule has 3 aromatic rings. The first kappa shape index (κ1) is 16.2. The smallest absolute Gasteiger partial charge is 0.252 e. The minimum atomic E-state index is -0.210. The first-order chi connectivity index (χ1) is 11.5. The highest BCUT2D eigenvalue weighted by Crippen LogP contribution is 2.30. The van der Waals surface area contributed by atoms with Crippen LogP contribution in [0.2, 0.25) is 0 Å². The Hall–Kier alpha value is -2.65. The van der Waals surface area contributed by atoms with Crippen LogP contribution in [-0.4, -0.2) is 27.2 Å². The van der Waals surface area contributed by atoms with Crippen LogP contribution in [0.3, 0.4) is 0 Å². The van der Waals surface area contributed by atoms with Crippen LogP contribution in [0.5, 0.6) is 0 Å². The highest BCUT2D eigenvalue weighted by atomic mass is 32.1. The topological polar surface area (TPSA) is 59.8 Å². The van der Waals surface area contributed by atoms with Crippen LogP contribution in [0.25, 0.3) is 21.6 Å². The zero-order valence-electron chi connectivity index (χ0n) is 13.8. The van der Waals surface area contributed by atoms with Crippen LogP contribution in [-0.2, 0) is 0 Å². The van der Waals surface area contributed by atoms with E-state index in [1.54, 1.807) is 17.5 Å². The molecule has 0 aliphatic rings. The number of nitrogens with one attached hydrogen (secondary N) is 1. The lowest BCUT2D eigenvalue weighted by Gasteiger charge is -2.09. The summed E-state index contributed by atoms with van der Waals surface area (Å²) in [4.78, 5) is 19.5. The van der Waals surface area contributed by atoms with E-state index in [1.165, 1.54) is 4.88 Å². The summed E-state index contributed by atoms with van der Waals surface area (Å²) in [5, 5.41) is 7.85. The average Bonchev–Trinajstić information content (AvgIpc) is 3.17. The molecule has 0 atom stereocenters. The van der Waals surface area contributed by atoms with Crippen LogP contribution >= 0.6 is 11.3 Å². The summed E-state index contributed by atoms with van der Waals surface area (Å²) in [5.74, 6) is 2.21. The predicted octanol–water partition coefficient (Wildman–Crippen LogP) is 3.41. The molecule has 0 fully saturated rings. The van der Waals surface area contributed by atoms with Crippen LogP contribution < -0.4 is 5.32 Å². The summed E-state index contributed by atoms with van der Waals surface area (Å²) >= 11 is 1.65. The Labute approximate surface area is 144 Å². The van der Waals surface area contributed by atoms with E-state index in [1.807, 2.05) is 43.7 Å². The Balaban J connectivity index is 2.21. The number of fused-ring (bicyclic) bond motifs is 1. The van der Waals surface area contributed by atoms with Crippen LogP contribution in [0.1, 0.15) is 35.1 Å². The minimum Gasteiger partial charge on any atom is -0.341 e. The zero-order valence-corrected chi connectivity index (χ0v) is 14.6. The molecule has 122 valence electrons. The molecule has 0 unspecified atom stereocenters. The first-order valence-electron chi connectivity index (χ1n) is 7.68. The largest absolute Gasteiger partial charge is 0.341 e. The molecule has 0 saturated carbocycles. The molecule has 0 aromatic carbocycles. The van der Waals surface area contributed by atoms with E-state index in [-0.39, 0.29) is 18.5 Å². The Morgan fingerprint density at radius 2 is 2.25 bits per heavy atom. The van der Waals surface area contributed by atoms with Gasteiger partial charge in [-0.2, -0.15) is 5.10 Å². The fraction of sp³-hybridized carbons (Fsp3) is 0.278. The fourth-order valence-corrected chi connectivity index (χ4v) is 3.34. The summed E-state index contributed by atoms with van der Waals surface area (Å²) in [6, 6.07) is 6.03. The molecule has 6 heteroatoms. The highest BCUT2D eigenvalue weighted by molar-refractivity contribution is 7.15. The van der Waals surface area contributed by atoms with Crippen molar-refractivity contribution < 1.29 is 4.79 Å². The lowest BCUT2D eigenvalue weighted by atomic mass is 10.1. The minimum absolute atomic E-state index is 0.150. The van der Waals surface area contributed by atoms with Gasteiger partial charge < -0.3 is 5.32 Å². The lowest BCUT2D eigenvalue weighted by molar-refractivity contribution is 0.0960. The number of rotatable bonds is 4. The van der Waals surface area contributed by atoms with E-state index >= 15 is 0 Å². The van der Waals surface area contributed by atoms with Crippen molar-refractivity contribution in [3.63, 3.8) is 0 Å². The van der Waals surface area contributed by atoms with E-state index < -0.39 is 0 Å². The van der Waals surface area contributed by atoms with Crippen molar-refractivity contribution in [2.45, 2.75) is 26.8 Å². The van der Waals surface area contributed by atoms with Crippen molar-refractivity contribution in [3.8, 4) is 22.9 Å². The van der Waals surface area contributed by atoms with Gasteiger partial charge in [0, 0.05) is 10.9 Å². The molecule has 5 nitrogen and oxygen atoms in total. The number of terminal acetylenes is 1. The molecule has 0 spiro atoms. The van der Waals surface area contributed by atoms with Crippen molar-refractivity contribution in [3.05, 3.63) is 34.8 Å². The van der Waals surface area contributed by atoms with E-state index in [0.29, 0.717) is 11.2 Å². The molecule has 0 aliphatic carbocycles. The number of carbonyl (C=O) groups is 1. The van der Waals surface area contributed by atoms with Gasteiger partial charge in [0.25, 0.3) is 5.91 Å². The van der Waals surface area contributed by atoms with Gasteiger partial charge in [-0.05, 0) is 39.0 Å². The van der Waals surface area contributed by atoms with Gasteiger partial charge in [-0.15, -0.1) is 17.8 Å². The van der Waals surface area contributed by atoms with E-state index in [2.05, 4.69) is 16.3 Å². The van der Waals surface area contributed by atoms with Crippen LogP contribution in [0.15, 0.2) is 24.4 Å². The van der Waals surface area contributed by atoms with Gasteiger partial charge in [-0.25, -0.2) is 9.67 Å². The summed E-state index contributed by atoms with van der Waals surface area (Å²) in [6.07, 6.45) is 6.93. The van der Waals surface area contributed by atoms with E-state index in [0.717, 1.165) is 16.0 Å². The second-order valence-electron chi connectivity index (χ2n) is 5.77. The van der Waals surface area contributed by atoms with Crippen molar-refractivity contribution in [2.24, 2.45) is 0 Å². The average molecular weight is 338 g/mol. The van der Waals surface area contributed by atoms with Gasteiger partial charge in [0.2, 0.25) is 0 Å². The molecule has 0 radical (unpaired) electrons. The van der Waals surface area contributed by atoms with Crippen molar-refractivity contribution in [1.82, 2.24) is 20.1 Å². The highest BCUT2D eigenvalue weighted by Gasteiger charge is 2.18. The number of aromatic nitrogens is 3. The van der Waals surface area contributed by atoms with Gasteiger partial charge >= 0.3 is 0 Å². The maximum atomic E-state index is 12.5. The van der Waals surface area contributed by atoms with Crippen molar-refractivity contribution >= 4 is 28.3 Å². The Bertz CT molecular complexity index is 946. The number of carbonyl (C=O) groups excluding carboxylic acids is 1. The molecular formula is C18H18N4OS. The van der Waals surface area contributed by atoms with Gasteiger partial charge in [-0.3, -0.25) is 4.79 Å². The molecule has 0 aliphatic heterocycles. The molecule has 1 amide bonds. The summed E-state index contributed by atoms with van der Waals surface area (Å²) in [7, 11) is 0. The van der Waals surface area contributed by atoms with Gasteiger partial charge in [0.1, 0.15) is 0 Å². The second-order valence-corrected chi connectivity index (χ2v) is 7.06. The van der Waals surface area contributed by atoms with Gasteiger partial charge in [0.05, 0.1) is 34.3 Å². The Morgan fingerprint density at radius 1 is 1.46 bits per heavy atom. The molecule has 3 rings (SSSR count). The summed E-state index contributed by atoms with van der Waals surface area (Å²) in [5.41, 5.74) is 2.02. The standard InChI is InChI=1S/C18H18N4OS/c1-5-8-19-18(23)13-9-15(16-7-6-12(4)24-16)21-17-14(13)10-20-22(17)11(2)3/h1,6-7,9-11H,8H2,2-4H3,(H,19,23). The number of nitrogens with zero attached hydrogens (tertiary/aromatic N) is 3. The second kappa shape index (κ2) is 6.46. The third-order valence-corrected chi connectivity index (χ3v) is 4.67. The van der Waals surface area contributed by atoms with Crippen molar-refractivity contribution in [2.75, 3.05) is 6.54 Å². The normalized spacial score (nSPS) is 11.0. The monoisotopic (exact) mass is 338 g/mol.